The molecule has 0 radical (unpaired) electrons. The zero-order valence-corrected chi connectivity index (χ0v) is 14.7. The number of rotatable bonds is 3. The van der Waals surface area contributed by atoms with Crippen molar-refractivity contribution in [1.29, 1.82) is 0 Å². The van der Waals surface area contributed by atoms with Crippen LogP contribution in [0.5, 0.6) is 0 Å². The SMILES string of the molecule is CCC(c1cccc(F)c1)n1cnc2ccc(Br)nc2c1=O.O=C=O. The number of aromatic nitrogens is 3. The first-order valence-corrected chi connectivity index (χ1v) is 8.09. The van der Waals surface area contributed by atoms with Crippen LogP contribution in [0.1, 0.15) is 24.9 Å². The second-order valence-electron chi connectivity index (χ2n) is 5.02. The monoisotopic (exact) mass is 405 g/mol. The lowest BCUT2D eigenvalue weighted by molar-refractivity contribution is -0.191. The Balaban J connectivity index is 0.000000701. The van der Waals surface area contributed by atoms with Gasteiger partial charge in [-0.2, -0.15) is 9.59 Å². The summed E-state index contributed by atoms with van der Waals surface area (Å²) in [5.41, 5.74) is 1.34. The lowest BCUT2D eigenvalue weighted by atomic mass is 10.0. The number of halogens is 2. The predicted octanol–water partition coefficient (Wildman–Crippen LogP) is 3.11. The highest BCUT2D eigenvalue weighted by Crippen LogP contribution is 2.21. The zero-order valence-electron chi connectivity index (χ0n) is 13.1. The standard InChI is InChI=1S/C16H13BrFN3O.CO2/c1-2-13(10-4-3-5-11(18)8-10)21-9-19-12-6-7-14(17)20-15(12)16(21)22;2-1-3/h3-9,13H,2H2,1H3;. The molecule has 0 aliphatic carbocycles. The summed E-state index contributed by atoms with van der Waals surface area (Å²) in [5, 5.41) is 0. The van der Waals surface area contributed by atoms with Crippen LogP contribution >= 0.6 is 15.9 Å². The van der Waals surface area contributed by atoms with Crippen LogP contribution < -0.4 is 5.56 Å². The van der Waals surface area contributed by atoms with Gasteiger partial charge in [0.05, 0.1) is 17.9 Å². The third kappa shape index (κ3) is 4.23. The molecule has 0 bridgehead atoms. The van der Waals surface area contributed by atoms with E-state index in [1.54, 1.807) is 18.2 Å². The van der Waals surface area contributed by atoms with Crippen LogP contribution in [0.25, 0.3) is 11.0 Å². The van der Waals surface area contributed by atoms with E-state index in [2.05, 4.69) is 25.9 Å². The lowest BCUT2D eigenvalue weighted by Gasteiger charge is -2.18. The fourth-order valence-corrected chi connectivity index (χ4v) is 2.83. The van der Waals surface area contributed by atoms with E-state index in [0.717, 1.165) is 5.56 Å². The number of benzene rings is 1. The van der Waals surface area contributed by atoms with Gasteiger partial charge in [-0.05, 0) is 52.2 Å². The molecule has 3 rings (SSSR count). The number of carbonyl (C=O) groups excluding carboxylic acids is 2. The van der Waals surface area contributed by atoms with Crippen LogP contribution in [0.15, 0.2) is 52.1 Å². The maximum atomic E-state index is 13.5. The molecule has 2 heterocycles. The molecule has 1 unspecified atom stereocenters. The van der Waals surface area contributed by atoms with Gasteiger partial charge in [-0.15, -0.1) is 0 Å². The summed E-state index contributed by atoms with van der Waals surface area (Å²) < 4.78 is 15.6. The van der Waals surface area contributed by atoms with E-state index in [0.29, 0.717) is 22.1 Å². The Hall–Kier alpha value is -2.70. The molecule has 3 aromatic rings. The summed E-state index contributed by atoms with van der Waals surface area (Å²) in [6, 6.07) is 9.48. The first kappa shape index (κ1) is 18.6. The Kier molecular flexibility index (Phi) is 6.27. The third-order valence-electron chi connectivity index (χ3n) is 3.55. The minimum Gasteiger partial charge on any atom is -0.290 e. The minimum atomic E-state index is -0.321. The number of nitrogens with zero attached hydrogens (tertiary/aromatic N) is 3. The molecule has 0 saturated carbocycles. The molecular formula is C17H13BrFN3O3. The molecule has 1 atom stereocenters. The van der Waals surface area contributed by atoms with Gasteiger partial charge in [0.1, 0.15) is 10.4 Å². The Morgan fingerprint density at radius 1 is 1.28 bits per heavy atom. The fraction of sp³-hybridized carbons (Fsp3) is 0.176. The summed E-state index contributed by atoms with van der Waals surface area (Å²) in [5.74, 6) is -0.321. The van der Waals surface area contributed by atoms with Gasteiger partial charge >= 0.3 is 6.15 Å². The topological polar surface area (TPSA) is 81.9 Å². The van der Waals surface area contributed by atoms with E-state index < -0.39 is 0 Å². The largest absolute Gasteiger partial charge is 0.373 e. The Morgan fingerprint density at radius 2 is 2.00 bits per heavy atom. The molecule has 6 nitrogen and oxygen atoms in total. The van der Waals surface area contributed by atoms with Crippen LogP contribution in [0.4, 0.5) is 4.39 Å². The summed E-state index contributed by atoms with van der Waals surface area (Å²) in [6.45, 7) is 1.94. The van der Waals surface area contributed by atoms with Crippen molar-refractivity contribution < 1.29 is 14.0 Å². The van der Waals surface area contributed by atoms with Gasteiger partial charge in [0.15, 0.2) is 5.52 Å². The average Bonchev–Trinajstić information content (AvgIpc) is 2.59. The molecular weight excluding hydrogens is 393 g/mol. The molecule has 0 spiro atoms. The second kappa shape index (κ2) is 8.41. The molecule has 1 aromatic carbocycles. The minimum absolute atomic E-state index is 0.234. The highest BCUT2D eigenvalue weighted by Gasteiger charge is 2.16. The second-order valence-corrected chi connectivity index (χ2v) is 5.83. The van der Waals surface area contributed by atoms with Crippen molar-refractivity contribution in [3.63, 3.8) is 0 Å². The number of hydrogen-bond acceptors (Lipinski definition) is 5. The van der Waals surface area contributed by atoms with E-state index in [4.69, 9.17) is 9.59 Å². The average molecular weight is 406 g/mol. The van der Waals surface area contributed by atoms with Crippen LogP contribution in [0.3, 0.4) is 0 Å². The van der Waals surface area contributed by atoms with E-state index in [1.807, 2.05) is 13.0 Å². The van der Waals surface area contributed by atoms with Gasteiger partial charge < -0.3 is 0 Å². The van der Waals surface area contributed by atoms with Crippen molar-refractivity contribution in [3.8, 4) is 0 Å². The van der Waals surface area contributed by atoms with Crippen molar-refractivity contribution >= 4 is 33.1 Å². The van der Waals surface area contributed by atoms with Crippen LogP contribution in [0.2, 0.25) is 0 Å². The molecule has 8 heteroatoms. The van der Waals surface area contributed by atoms with E-state index in [-0.39, 0.29) is 23.6 Å². The molecule has 0 aliphatic heterocycles. The van der Waals surface area contributed by atoms with Crippen LogP contribution in [-0.2, 0) is 9.59 Å². The van der Waals surface area contributed by atoms with Crippen molar-refractivity contribution in [1.82, 2.24) is 14.5 Å². The molecule has 128 valence electrons. The normalized spacial score (nSPS) is 11.3. The van der Waals surface area contributed by atoms with Gasteiger partial charge in [-0.3, -0.25) is 9.36 Å². The molecule has 0 saturated heterocycles. The number of fused-ring (bicyclic) bond motifs is 1. The molecule has 0 N–H and O–H groups in total. The van der Waals surface area contributed by atoms with Gasteiger partial charge in [0, 0.05) is 0 Å². The van der Waals surface area contributed by atoms with Gasteiger partial charge in [0.25, 0.3) is 5.56 Å². The Morgan fingerprint density at radius 3 is 2.64 bits per heavy atom. The number of pyridine rings is 1. The lowest BCUT2D eigenvalue weighted by Crippen LogP contribution is -2.26. The molecule has 2 aromatic heterocycles. The van der Waals surface area contributed by atoms with Gasteiger partial charge in [0.2, 0.25) is 0 Å². The number of hydrogen-bond donors (Lipinski definition) is 0. The van der Waals surface area contributed by atoms with E-state index >= 15 is 0 Å². The first-order chi connectivity index (χ1) is 12.0. The van der Waals surface area contributed by atoms with E-state index in [1.165, 1.54) is 23.0 Å². The summed E-state index contributed by atoms with van der Waals surface area (Å²) in [7, 11) is 0. The summed E-state index contributed by atoms with van der Waals surface area (Å²) in [4.78, 5) is 37.4. The van der Waals surface area contributed by atoms with Crippen molar-refractivity contribution in [2.45, 2.75) is 19.4 Å². The smallest absolute Gasteiger partial charge is 0.290 e. The Labute approximate surface area is 150 Å². The maximum absolute atomic E-state index is 13.5. The molecule has 0 amide bonds. The highest BCUT2D eigenvalue weighted by atomic mass is 79.9. The molecule has 0 fully saturated rings. The summed E-state index contributed by atoms with van der Waals surface area (Å²) in [6.07, 6.45) is 2.39. The van der Waals surface area contributed by atoms with Crippen LogP contribution in [-0.4, -0.2) is 20.7 Å². The third-order valence-corrected chi connectivity index (χ3v) is 4.00. The fourth-order valence-electron chi connectivity index (χ4n) is 2.52. The molecule has 0 aliphatic rings. The predicted molar refractivity (Wildman–Crippen MR) is 91.3 cm³/mol. The van der Waals surface area contributed by atoms with Crippen molar-refractivity contribution in [2.24, 2.45) is 0 Å². The van der Waals surface area contributed by atoms with Gasteiger partial charge in [-0.25, -0.2) is 14.4 Å². The maximum Gasteiger partial charge on any atom is 0.373 e. The van der Waals surface area contributed by atoms with Crippen molar-refractivity contribution in [3.05, 3.63) is 69.1 Å². The van der Waals surface area contributed by atoms with E-state index in [9.17, 15) is 9.18 Å². The molecule has 25 heavy (non-hydrogen) atoms. The highest BCUT2D eigenvalue weighted by molar-refractivity contribution is 9.10. The Bertz CT molecular complexity index is 984. The zero-order chi connectivity index (χ0) is 18.4. The van der Waals surface area contributed by atoms with Crippen LogP contribution in [0, 0.1) is 5.82 Å². The summed E-state index contributed by atoms with van der Waals surface area (Å²) >= 11 is 3.26. The van der Waals surface area contributed by atoms with Gasteiger partial charge in [-0.1, -0.05) is 19.1 Å². The quantitative estimate of drug-likeness (QED) is 0.625. The first-order valence-electron chi connectivity index (χ1n) is 7.30. The van der Waals surface area contributed by atoms with Crippen molar-refractivity contribution in [2.75, 3.05) is 0 Å².